The van der Waals surface area contributed by atoms with Crippen molar-refractivity contribution in [2.24, 2.45) is 0 Å². The van der Waals surface area contributed by atoms with Crippen LogP contribution >= 0.6 is 11.6 Å². The van der Waals surface area contributed by atoms with Crippen molar-refractivity contribution < 1.29 is 14.8 Å². The van der Waals surface area contributed by atoms with Crippen LogP contribution in [0.15, 0.2) is 30.1 Å². The summed E-state index contributed by atoms with van der Waals surface area (Å²) in [6.07, 6.45) is 2.50. The van der Waals surface area contributed by atoms with Crippen molar-refractivity contribution in [2.45, 2.75) is 0 Å². The van der Waals surface area contributed by atoms with Crippen LogP contribution in [-0.2, 0) is 4.79 Å². The number of aliphatic carboxylic acids is 1. The molecule has 2 N–H and O–H groups in total. The summed E-state index contributed by atoms with van der Waals surface area (Å²) in [5.41, 5.74) is 0.225. The Kier molecular flexibility index (Phi) is 3.03. The van der Waals surface area contributed by atoms with Crippen LogP contribution in [0.4, 0.5) is 0 Å². The lowest BCUT2D eigenvalue weighted by atomic mass is 10.1. The number of fused-ring (bicyclic) bond motifs is 1. The van der Waals surface area contributed by atoms with Gasteiger partial charge in [-0.1, -0.05) is 17.7 Å². The molecule has 0 fully saturated rings. The van der Waals surface area contributed by atoms with E-state index < -0.39 is 16.6 Å². The Balaban J connectivity index is 2.58. The van der Waals surface area contributed by atoms with Gasteiger partial charge >= 0.3 is 11.7 Å². The summed E-state index contributed by atoms with van der Waals surface area (Å²) >= 11 is 5.80. The van der Waals surface area contributed by atoms with Crippen LogP contribution in [-0.4, -0.2) is 21.0 Å². The van der Waals surface area contributed by atoms with Gasteiger partial charge in [0.2, 0.25) is 0 Å². The first kappa shape index (κ1) is 12.1. The van der Waals surface area contributed by atoms with Gasteiger partial charge in [-0.15, -0.1) is 0 Å². The molecule has 0 amide bonds. The molecule has 2 rings (SSSR count). The van der Waals surface area contributed by atoms with Gasteiger partial charge in [-0.05, 0) is 12.1 Å². The number of nitrogens with one attached hydrogen (secondary N) is 1. The molecule has 18 heavy (non-hydrogen) atoms. The number of carbonyl (C=O) groups is 1. The molecule has 0 unspecified atom stereocenters. The highest BCUT2D eigenvalue weighted by atomic mass is 35.5. The standard InChI is InChI=1S/C11H7ClN2O4/c12-7-1-2-8-6(5-13-9(8)4-7)3-10(11(15)16)14(17)18/h1-5,13H,(H,15,16)/b10-3-. The lowest BCUT2D eigenvalue weighted by Crippen LogP contribution is -2.09. The van der Waals surface area contributed by atoms with E-state index in [-0.39, 0.29) is 0 Å². The minimum atomic E-state index is -1.58. The predicted octanol–water partition coefficient (Wildman–Crippen LogP) is 2.52. The van der Waals surface area contributed by atoms with Crippen LogP contribution < -0.4 is 0 Å². The lowest BCUT2D eigenvalue weighted by Gasteiger charge is -1.94. The summed E-state index contributed by atoms with van der Waals surface area (Å²) in [6, 6.07) is 4.95. The maximum Gasteiger partial charge on any atom is 0.407 e. The summed E-state index contributed by atoms with van der Waals surface area (Å²) in [6.45, 7) is 0. The fraction of sp³-hybridized carbons (Fsp3) is 0. The number of nitro groups is 1. The highest BCUT2D eigenvalue weighted by Crippen LogP contribution is 2.23. The van der Waals surface area contributed by atoms with Crippen LogP contribution in [0.5, 0.6) is 0 Å². The molecule has 6 nitrogen and oxygen atoms in total. The average Bonchev–Trinajstić information content (AvgIpc) is 2.67. The maximum absolute atomic E-state index is 10.7. The van der Waals surface area contributed by atoms with E-state index >= 15 is 0 Å². The molecule has 0 radical (unpaired) electrons. The number of H-pyrrole nitrogens is 1. The Hall–Kier alpha value is -2.34. The molecule has 1 aromatic carbocycles. The van der Waals surface area contributed by atoms with E-state index in [9.17, 15) is 14.9 Å². The van der Waals surface area contributed by atoms with E-state index in [2.05, 4.69) is 4.98 Å². The van der Waals surface area contributed by atoms with E-state index in [1.54, 1.807) is 18.2 Å². The number of benzene rings is 1. The molecule has 0 saturated carbocycles. The van der Waals surface area contributed by atoms with Crippen molar-refractivity contribution in [3.63, 3.8) is 0 Å². The van der Waals surface area contributed by atoms with Gasteiger partial charge < -0.3 is 10.1 Å². The Bertz CT molecular complexity index is 659. The fourth-order valence-corrected chi connectivity index (χ4v) is 1.75. The molecule has 0 bridgehead atoms. The number of rotatable bonds is 3. The third-order valence-corrected chi connectivity index (χ3v) is 2.62. The summed E-state index contributed by atoms with van der Waals surface area (Å²) in [4.78, 5) is 23.2. The quantitative estimate of drug-likeness (QED) is 0.507. The zero-order chi connectivity index (χ0) is 13.3. The minimum absolute atomic E-state index is 0.427. The second-order valence-electron chi connectivity index (χ2n) is 3.53. The zero-order valence-corrected chi connectivity index (χ0v) is 9.64. The second kappa shape index (κ2) is 4.50. The molecule has 0 saturated heterocycles. The second-order valence-corrected chi connectivity index (χ2v) is 3.96. The number of carboxylic acid groups (broad SMARTS) is 1. The number of nitrogens with zero attached hydrogens (tertiary/aromatic N) is 1. The van der Waals surface area contributed by atoms with Gasteiger partial charge in [0.15, 0.2) is 0 Å². The van der Waals surface area contributed by atoms with Crippen LogP contribution in [0.25, 0.3) is 17.0 Å². The van der Waals surface area contributed by atoms with Gasteiger partial charge in [-0.3, -0.25) is 10.1 Å². The predicted molar refractivity (Wildman–Crippen MR) is 65.9 cm³/mol. The largest absolute Gasteiger partial charge is 0.473 e. The first-order valence-corrected chi connectivity index (χ1v) is 5.23. The minimum Gasteiger partial charge on any atom is -0.473 e. The number of aromatic amines is 1. The van der Waals surface area contributed by atoms with E-state index in [4.69, 9.17) is 16.7 Å². The molecule has 0 spiro atoms. The van der Waals surface area contributed by atoms with Gasteiger partial charge in [0.1, 0.15) is 0 Å². The van der Waals surface area contributed by atoms with E-state index in [0.29, 0.717) is 21.5 Å². The van der Waals surface area contributed by atoms with E-state index in [0.717, 1.165) is 6.08 Å². The average molecular weight is 267 g/mol. The molecule has 1 heterocycles. The zero-order valence-electron chi connectivity index (χ0n) is 8.88. The maximum atomic E-state index is 10.7. The fourth-order valence-electron chi connectivity index (χ4n) is 1.58. The topological polar surface area (TPSA) is 96.2 Å². The van der Waals surface area contributed by atoms with Crippen molar-refractivity contribution >= 4 is 34.5 Å². The summed E-state index contributed by atoms with van der Waals surface area (Å²) in [5, 5.41) is 20.5. The van der Waals surface area contributed by atoms with Crippen molar-refractivity contribution in [1.82, 2.24) is 4.98 Å². The molecule has 0 atom stereocenters. The lowest BCUT2D eigenvalue weighted by molar-refractivity contribution is -0.419. The van der Waals surface area contributed by atoms with Gasteiger partial charge in [0, 0.05) is 33.8 Å². The summed E-state index contributed by atoms with van der Waals surface area (Å²) in [7, 11) is 0. The Morgan fingerprint density at radius 1 is 1.50 bits per heavy atom. The number of hydrogen-bond donors (Lipinski definition) is 2. The molecule has 2 aromatic rings. The normalized spacial score (nSPS) is 11.7. The first-order chi connectivity index (χ1) is 8.49. The van der Waals surface area contributed by atoms with Crippen molar-refractivity contribution in [1.29, 1.82) is 0 Å². The number of hydrogen-bond acceptors (Lipinski definition) is 3. The Labute approximate surface area is 106 Å². The van der Waals surface area contributed by atoms with Crippen molar-refractivity contribution in [3.8, 4) is 0 Å². The third-order valence-electron chi connectivity index (χ3n) is 2.38. The Morgan fingerprint density at radius 3 is 2.83 bits per heavy atom. The highest BCUT2D eigenvalue weighted by Gasteiger charge is 2.21. The molecule has 0 aliphatic rings. The van der Waals surface area contributed by atoms with Gasteiger partial charge in [0.25, 0.3) is 0 Å². The van der Waals surface area contributed by atoms with E-state index in [1.807, 2.05) is 0 Å². The summed E-state index contributed by atoms with van der Waals surface area (Å²) in [5.74, 6) is -1.58. The Morgan fingerprint density at radius 2 is 2.22 bits per heavy atom. The smallest absolute Gasteiger partial charge is 0.407 e. The molecule has 0 aliphatic heterocycles. The molecular weight excluding hydrogens is 260 g/mol. The van der Waals surface area contributed by atoms with Gasteiger partial charge in [-0.2, -0.15) is 0 Å². The van der Waals surface area contributed by atoms with Crippen LogP contribution in [0.2, 0.25) is 5.02 Å². The number of aromatic nitrogens is 1. The first-order valence-electron chi connectivity index (χ1n) is 4.85. The summed E-state index contributed by atoms with van der Waals surface area (Å²) < 4.78 is 0. The molecule has 1 aromatic heterocycles. The molecule has 7 heteroatoms. The SMILES string of the molecule is O=C(O)/C(=C/c1c[nH]c2cc(Cl)ccc12)[N+](=O)[O-]. The van der Waals surface area contributed by atoms with Crippen LogP contribution in [0, 0.1) is 10.1 Å². The molecule has 0 aliphatic carbocycles. The van der Waals surface area contributed by atoms with E-state index in [1.165, 1.54) is 6.20 Å². The monoisotopic (exact) mass is 266 g/mol. The van der Waals surface area contributed by atoms with Gasteiger partial charge in [-0.25, -0.2) is 4.79 Å². The van der Waals surface area contributed by atoms with Crippen molar-refractivity contribution in [2.75, 3.05) is 0 Å². The van der Waals surface area contributed by atoms with Crippen molar-refractivity contribution in [3.05, 3.63) is 50.8 Å². The molecule has 92 valence electrons. The number of carboxylic acids is 1. The highest BCUT2D eigenvalue weighted by molar-refractivity contribution is 6.31. The molecular formula is C11H7ClN2O4. The third kappa shape index (κ3) is 2.18. The number of halogens is 1. The van der Waals surface area contributed by atoms with Gasteiger partial charge in [0.05, 0.1) is 4.92 Å². The van der Waals surface area contributed by atoms with Crippen LogP contribution in [0.1, 0.15) is 5.56 Å². The van der Waals surface area contributed by atoms with Crippen LogP contribution in [0.3, 0.4) is 0 Å².